The monoisotopic (exact) mass is 513 g/mol. The Morgan fingerprint density at radius 1 is 0.833 bits per heavy atom. The Labute approximate surface area is 217 Å². The van der Waals surface area contributed by atoms with Gasteiger partial charge in [-0.15, -0.1) is 0 Å². The van der Waals surface area contributed by atoms with Crippen molar-refractivity contribution in [1.82, 2.24) is 24.8 Å². The normalized spacial score (nSPS) is 14.2. The van der Waals surface area contributed by atoms with Crippen molar-refractivity contribution >= 4 is 46.0 Å². The highest BCUT2D eigenvalue weighted by Gasteiger charge is 2.20. The van der Waals surface area contributed by atoms with E-state index in [2.05, 4.69) is 45.7 Å². The summed E-state index contributed by atoms with van der Waals surface area (Å²) >= 11 is 6.11. The van der Waals surface area contributed by atoms with Crippen LogP contribution in [0, 0.1) is 0 Å². The molecular weight excluding hydrogens is 478 g/mol. The Balaban J connectivity index is 1.30. The number of halogens is 1. The first-order valence-corrected chi connectivity index (χ1v) is 12.9. The molecule has 1 aromatic carbocycles. The summed E-state index contributed by atoms with van der Waals surface area (Å²) in [6.07, 6.45) is 3.52. The first kappa shape index (κ1) is 26.1. The number of hydrogen-bond donors (Lipinski definition) is 5. The minimum Gasteiger partial charge on any atom is -0.383 e. The van der Waals surface area contributed by atoms with Crippen LogP contribution in [-0.4, -0.2) is 90.3 Å². The molecule has 12 heteroatoms. The number of nitrogens with two attached hydrogens (primary N) is 2. The number of fused-ring (bicyclic) bond motifs is 1. The molecule has 0 unspecified atom stereocenters. The first-order chi connectivity index (χ1) is 17.7. The number of hydrogen-bond acceptors (Lipinski definition) is 11. The van der Waals surface area contributed by atoms with Crippen molar-refractivity contribution in [2.45, 2.75) is 12.8 Å². The van der Waals surface area contributed by atoms with Gasteiger partial charge in [-0.1, -0.05) is 11.6 Å². The van der Waals surface area contributed by atoms with Crippen molar-refractivity contribution in [3.8, 4) is 0 Å². The fraction of sp³-hybridized carbons (Fsp3) is 0.500. The second-order valence-electron chi connectivity index (χ2n) is 8.70. The van der Waals surface area contributed by atoms with Crippen LogP contribution in [0.4, 0.5) is 23.5 Å². The summed E-state index contributed by atoms with van der Waals surface area (Å²) in [6.45, 7) is 8.06. The molecule has 0 amide bonds. The fourth-order valence-corrected chi connectivity index (χ4v) is 4.23. The smallest absolute Gasteiger partial charge is 0.232 e. The number of benzene rings is 1. The van der Waals surface area contributed by atoms with Gasteiger partial charge in [-0.2, -0.15) is 15.0 Å². The van der Waals surface area contributed by atoms with Gasteiger partial charge in [0.1, 0.15) is 0 Å². The molecule has 1 aliphatic rings. The van der Waals surface area contributed by atoms with Gasteiger partial charge < -0.3 is 32.3 Å². The van der Waals surface area contributed by atoms with Crippen molar-refractivity contribution in [3.05, 3.63) is 35.5 Å². The van der Waals surface area contributed by atoms with Crippen LogP contribution in [0.5, 0.6) is 0 Å². The Morgan fingerprint density at radius 2 is 1.53 bits per heavy atom. The molecule has 0 bridgehead atoms. The molecule has 3 aromatic rings. The van der Waals surface area contributed by atoms with Crippen LogP contribution >= 0.6 is 11.6 Å². The molecule has 36 heavy (non-hydrogen) atoms. The van der Waals surface area contributed by atoms with Gasteiger partial charge in [-0.25, -0.2) is 0 Å². The predicted molar refractivity (Wildman–Crippen MR) is 148 cm³/mol. The van der Waals surface area contributed by atoms with Gasteiger partial charge in [0.2, 0.25) is 17.8 Å². The lowest BCUT2D eigenvalue weighted by molar-refractivity contribution is 0.266. The van der Waals surface area contributed by atoms with Crippen LogP contribution in [0.25, 0.3) is 10.9 Å². The lowest BCUT2D eigenvalue weighted by Gasteiger charge is -2.34. The average Bonchev–Trinajstić information content (AvgIpc) is 2.89. The number of pyridine rings is 1. The van der Waals surface area contributed by atoms with E-state index in [4.69, 9.17) is 23.1 Å². The van der Waals surface area contributed by atoms with E-state index in [0.29, 0.717) is 36.0 Å². The van der Waals surface area contributed by atoms with Crippen molar-refractivity contribution in [2.75, 3.05) is 86.3 Å². The fourth-order valence-electron chi connectivity index (χ4n) is 4.06. The van der Waals surface area contributed by atoms with Crippen molar-refractivity contribution < 1.29 is 0 Å². The minimum atomic E-state index is 0.571. The number of nitrogens with one attached hydrogen (secondary N) is 3. The van der Waals surface area contributed by atoms with E-state index in [0.717, 1.165) is 81.8 Å². The van der Waals surface area contributed by atoms with Crippen molar-refractivity contribution in [3.63, 3.8) is 0 Å². The summed E-state index contributed by atoms with van der Waals surface area (Å²) in [6, 6.07) is 7.81. The van der Waals surface area contributed by atoms with Crippen LogP contribution in [0.1, 0.15) is 12.8 Å². The van der Waals surface area contributed by atoms with E-state index < -0.39 is 0 Å². The molecule has 4 rings (SSSR count). The molecule has 0 spiro atoms. The van der Waals surface area contributed by atoms with E-state index in [9.17, 15) is 0 Å². The van der Waals surface area contributed by atoms with Crippen LogP contribution in [0.2, 0.25) is 5.02 Å². The quantitative estimate of drug-likeness (QED) is 0.213. The van der Waals surface area contributed by atoms with Crippen molar-refractivity contribution in [2.24, 2.45) is 11.5 Å². The minimum absolute atomic E-state index is 0.571. The van der Waals surface area contributed by atoms with Gasteiger partial charge in [0.05, 0.1) is 5.52 Å². The number of piperazine rings is 1. The molecule has 1 aliphatic heterocycles. The lowest BCUT2D eigenvalue weighted by atomic mass is 10.2. The Morgan fingerprint density at radius 3 is 2.19 bits per heavy atom. The first-order valence-electron chi connectivity index (χ1n) is 12.6. The second kappa shape index (κ2) is 13.4. The van der Waals surface area contributed by atoms with Gasteiger partial charge in [-0.3, -0.25) is 9.88 Å². The molecule has 2 aromatic heterocycles. The summed E-state index contributed by atoms with van der Waals surface area (Å²) in [5.41, 5.74) is 13.2. The Hall–Kier alpha value is -2.99. The maximum atomic E-state index is 6.11. The largest absolute Gasteiger partial charge is 0.383 e. The molecule has 11 nitrogen and oxygen atoms in total. The molecule has 0 radical (unpaired) electrons. The second-order valence-corrected chi connectivity index (χ2v) is 9.13. The van der Waals surface area contributed by atoms with Gasteiger partial charge in [-0.05, 0) is 50.2 Å². The lowest BCUT2D eigenvalue weighted by Crippen LogP contribution is -2.48. The maximum Gasteiger partial charge on any atom is 0.232 e. The van der Waals surface area contributed by atoms with E-state index in [1.165, 1.54) is 0 Å². The topological polar surface area (TPSA) is 146 Å². The molecule has 194 valence electrons. The highest BCUT2D eigenvalue weighted by Crippen LogP contribution is 2.24. The van der Waals surface area contributed by atoms with E-state index in [1.54, 1.807) is 0 Å². The standard InChI is InChI=1S/C24H36ClN11/c25-18-3-4-19-20(5-10-28-21(19)17-18)29-11-12-35-13-15-36(16-14-35)24-33-22(30-8-1-6-26)32-23(34-24)31-9-2-7-27/h3-5,10,17H,1-2,6-9,11-16,26-27H2,(H,28,29)(H2,30,31,32,33,34). The zero-order valence-electron chi connectivity index (χ0n) is 20.6. The Bertz CT molecular complexity index is 1080. The zero-order valence-corrected chi connectivity index (χ0v) is 21.3. The highest BCUT2D eigenvalue weighted by molar-refractivity contribution is 6.31. The Kier molecular flexibility index (Phi) is 9.68. The zero-order chi connectivity index (χ0) is 25.2. The van der Waals surface area contributed by atoms with Crippen LogP contribution in [-0.2, 0) is 0 Å². The van der Waals surface area contributed by atoms with Gasteiger partial charge in [0, 0.05) is 74.7 Å². The third kappa shape index (κ3) is 7.26. The van der Waals surface area contributed by atoms with Gasteiger partial charge >= 0.3 is 0 Å². The molecule has 1 fully saturated rings. The number of anilines is 4. The maximum absolute atomic E-state index is 6.11. The molecular formula is C24H36ClN11. The third-order valence-corrected chi connectivity index (χ3v) is 6.29. The van der Waals surface area contributed by atoms with Gasteiger partial charge in [0.15, 0.2) is 0 Å². The van der Waals surface area contributed by atoms with Gasteiger partial charge in [0.25, 0.3) is 0 Å². The van der Waals surface area contributed by atoms with Crippen LogP contribution in [0.3, 0.4) is 0 Å². The van der Waals surface area contributed by atoms with Crippen LogP contribution < -0.4 is 32.3 Å². The van der Waals surface area contributed by atoms with Crippen LogP contribution in [0.15, 0.2) is 30.5 Å². The molecule has 0 saturated carbocycles. The van der Waals surface area contributed by atoms with Crippen molar-refractivity contribution in [1.29, 1.82) is 0 Å². The molecule has 1 saturated heterocycles. The molecule has 3 heterocycles. The average molecular weight is 514 g/mol. The SMILES string of the molecule is NCCCNc1nc(NCCCN)nc(N2CCN(CCNc3ccnc4cc(Cl)ccc34)CC2)n1. The number of aromatic nitrogens is 4. The number of nitrogens with zero attached hydrogens (tertiary/aromatic N) is 6. The summed E-state index contributed by atoms with van der Waals surface area (Å²) in [7, 11) is 0. The molecule has 0 aliphatic carbocycles. The highest BCUT2D eigenvalue weighted by atomic mass is 35.5. The third-order valence-electron chi connectivity index (χ3n) is 6.06. The summed E-state index contributed by atoms with van der Waals surface area (Å²) in [4.78, 5) is 22.9. The molecule has 7 N–H and O–H groups in total. The summed E-state index contributed by atoms with van der Waals surface area (Å²) in [5.74, 6) is 1.83. The number of rotatable bonds is 13. The molecule has 0 atom stereocenters. The predicted octanol–water partition coefficient (Wildman–Crippen LogP) is 1.83. The van der Waals surface area contributed by atoms with E-state index in [1.807, 2.05) is 30.5 Å². The van der Waals surface area contributed by atoms with E-state index in [-0.39, 0.29) is 0 Å². The summed E-state index contributed by atoms with van der Waals surface area (Å²) < 4.78 is 0. The van der Waals surface area contributed by atoms with E-state index >= 15 is 0 Å². The summed E-state index contributed by atoms with van der Waals surface area (Å²) in [5, 5.41) is 11.8.